The number of nitrogens with one attached hydrogen (secondary N) is 3. The summed E-state index contributed by atoms with van der Waals surface area (Å²) in [6.07, 6.45) is 1.17. The van der Waals surface area contributed by atoms with Crippen molar-refractivity contribution in [3.63, 3.8) is 0 Å². The van der Waals surface area contributed by atoms with E-state index in [4.69, 9.17) is 0 Å². The highest BCUT2D eigenvalue weighted by Gasteiger charge is 2.04. The summed E-state index contributed by atoms with van der Waals surface area (Å²) in [5, 5.41) is 8.23. The monoisotopic (exact) mass is 263 g/mol. The first-order valence-corrected chi connectivity index (χ1v) is 6.44. The summed E-state index contributed by atoms with van der Waals surface area (Å²) in [6, 6.07) is 9.94. The molecule has 0 spiro atoms. The average Bonchev–Trinajstić information content (AvgIpc) is 2.44. The minimum absolute atomic E-state index is 0.0390. The molecule has 5 heteroatoms. The van der Waals surface area contributed by atoms with Crippen molar-refractivity contribution in [3.05, 3.63) is 35.9 Å². The Kier molecular flexibility index (Phi) is 7.27. The van der Waals surface area contributed by atoms with Crippen molar-refractivity contribution in [2.24, 2.45) is 0 Å². The maximum atomic E-state index is 11.5. The van der Waals surface area contributed by atoms with Gasteiger partial charge >= 0.3 is 0 Å². The second-order valence-electron chi connectivity index (χ2n) is 4.22. The van der Waals surface area contributed by atoms with Crippen LogP contribution in [-0.2, 0) is 16.0 Å². The number of hydrogen-bond donors (Lipinski definition) is 3. The summed E-state index contributed by atoms with van der Waals surface area (Å²) < 4.78 is 0. The highest BCUT2D eigenvalue weighted by molar-refractivity contribution is 5.84. The molecule has 0 saturated heterocycles. The summed E-state index contributed by atoms with van der Waals surface area (Å²) in [7, 11) is 1.78. The number of rotatable bonds is 8. The fourth-order valence-corrected chi connectivity index (χ4v) is 1.56. The Morgan fingerprint density at radius 3 is 2.42 bits per heavy atom. The van der Waals surface area contributed by atoms with E-state index >= 15 is 0 Å². The lowest BCUT2D eigenvalue weighted by molar-refractivity contribution is -0.126. The van der Waals surface area contributed by atoms with Gasteiger partial charge in [-0.3, -0.25) is 9.59 Å². The maximum absolute atomic E-state index is 11.5. The van der Waals surface area contributed by atoms with Crippen molar-refractivity contribution in [2.45, 2.75) is 12.8 Å². The molecule has 2 amide bonds. The van der Waals surface area contributed by atoms with Crippen molar-refractivity contribution >= 4 is 11.8 Å². The average molecular weight is 263 g/mol. The molecular formula is C14H21N3O2. The number of carbonyl (C=O) groups excluding carboxylic acids is 2. The standard InChI is InChI=1S/C14H21N3O2/c1-15-9-8-13(18)17-11-14(19)16-10-7-12-5-3-2-4-6-12/h2-6,15H,7-11H2,1H3,(H,16,19)(H,17,18). The van der Waals surface area contributed by atoms with Gasteiger partial charge in [0.05, 0.1) is 6.54 Å². The lowest BCUT2D eigenvalue weighted by Crippen LogP contribution is -2.38. The van der Waals surface area contributed by atoms with Crippen LogP contribution < -0.4 is 16.0 Å². The zero-order valence-corrected chi connectivity index (χ0v) is 11.2. The Bertz CT molecular complexity index is 393. The largest absolute Gasteiger partial charge is 0.354 e. The summed E-state index contributed by atoms with van der Waals surface area (Å²) in [5.41, 5.74) is 1.18. The zero-order valence-electron chi connectivity index (χ0n) is 11.2. The van der Waals surface area contributed by atoms with Gasteiger partial charge in [0.25, 0.3) is 0 Å². The second-order valence-corrected chi connectivity index (χ2v) is 4.22. The number of benzene rings is 1. The lowest BCUT2D eigenvalue weighted by Gasteiger charge is -2.07. The molecule has 104 valence electrons. The topological polar surface area (TPSA) is 70.2 Å². The van der Waals surface area contributed by atoms with E-state index in [1.807, 2.05) is 30.3 Å². The van der Waals surface area contributed by atoms with Gasteiger partial charge in [0.2, 0.25) is 11.8 Å². The van der Waals surface area contributed by atoms with Gasteiger partial charge in [-0.25, -0.2) is 0 Å². The van der Waals surface area contributed by atoms with Crippen LogP contribution in [0.2, 0.25) is 0 Å². The van der Waals surface area contributed by atoms with Crippen molar-refractivity contribution in [2.75, 3.05) is 26.7 Å². The minimum Gasteiger partial charge on any atom is -0.354 e. The minimum atomic E-state index is -0.159. The van der Waals surface area contributed by atoms with Crippen molar-refractivity contribution in [3.8, 4) is 0 Å². The van der Waals surface area contributed by atoms with E-state index in [-0.39, 0.29) is 18.4 Å². The fourth-order valence-electron chi connectivity index (χ4n) is 1.56. The molecule has 0 aromatic heterocycles. The molecule has 0 fully saturated rings. The fraction of sp³-hybridized carbons (Fsp3) is 0.429. The molecule has 19 heavy (non-hydrogen) atoms. The molecule has 0 aliphatic rings. The van der Waals surface area contributed by atoms with Crippen molar-refractivity contribution < 1.29 is 9.59 Å². The molecule has 3 N–H and O–H groups in total. The third-order valence-electron chi connectivity index (χ3n) is 2.63. The molecule has 5 nitrogen and oxygen atoms in total. The normalized spacial score (nSPS) is 9.95. The molecule has 0 heterocycles. The second kappa shape index (κ2) is 9.10. The zero-order chi connectivity index (χ0) is 13.9. The van der Waals surface area contributed by atoms with Crippen LogP contribution in [0, 0.1) is 0 Å². The van der Waals surface area contributed by atoms with Gasteiger partial charge in [-0.2, -0.15) is 0 Å². The van der Waals surface area contributed by atoms with Gasteiger partial charge in [-0.1, -0.05) is 30.3 Å². The summed E-state index contributed by atoms with van der Waals surface area (Å²) in [5.74, 6) is -0.277. The van der Waals surface area contributed by atoms with Crippen LogP contribution in [0.1, 0.15) is 12.0 Å². The summed E-state index contributed by atoms with van der Waals surface area (Å²) in [4.78, 5) is 22.7. The van der Waals surface area contributed by atoms with Gasteiger partial charge < -0.3 is 16.0 Å². The molecule has 1 aromatic rings. The predicted octanol–water partition coefficient (Wildman–Crippen LogP) is 0.0710. The first-order valence-electron chi connectivity index (χ1n) is 6.44. The van der Waals surface area contributed by atoms with E-state index in [2.05, 4.69) is 16.0 Å². The van der Waals surface area contributed by atoms with Crippen LogP contribution in [0.5, 0.6) is 0 Å². The molecule has 0 radical (unpaired) electrons. The number of hydrogen-bond acceptors (Lipinski definition) is 3. The van der Waals surface area contributed by atoms with E-state index in [0.717, 1.165) is 6.42 Å². The van der Waals surface area contributed by atoms with Gasteiger partial charge in [0, 0.05) is 19.5 Å². The molecule has 0 bridgehead atoms. The van der Waals surface area contributed by atoms with Gasteiger partial charge in [-0.05, 0) is 19.0 Å². The molecule has 0 saturated carbocycles. The van der Waals surface area contributed by atoms with E-state index in [1.54, 1.807) is 7.05 Å². The SMILES string of the molecule is CNCCC(=O)NCC(=O)NCCc1ccccc1. The Morgan fingerprint density at radius 2 is 1.74 bits per heavy atom. The van der Waals surface area contributed by atoms with Crippen molar-refractivity contribution in [1.82, 2.24) is 16.0 Å². The van der Waals surface area contributed by atoms with Gasteiger partial charge in [0.15, 0.2) is 0 Å². The highest BCUT2D eigenvalue weighted by atomic mass is 16.2. The van der Waals surface area contributed by atoms with E-state index < -0.39 is 0 Å². The Labute approximate surface area is 113 Å². The molecule has 1 aromatic carbocycles. The third-order valence-corrected chi connectivity index (χ3v) is 2.63. The molecule has 0 aliphatic heterocycles. The van der Waals surface area contributed by atoms with Crippen LogP contribution in [0.4, 0.5) is 0 Å². The van der Waals surface area contributed by atoms with E-state index in [9.17, 15) is 9.59 Å². The predicted molar refractivity (Wildman–Crippen MR) is 74.7 cm³/mol. The van der Waals surface area contributed by atoms with E-state index in [0.29, 0.717) is 19.5 Å². The number of amides is 2. The van der Waals surface area contributed by atoms with Crippen molar-refractivity contribution in [1.29, 1.82) is 0 Å². The Hall–Kier alpha value is -1.88. The highest BCUT2D eigenvalue weighted by Crippen LogP contribution is 1.97. The Balaban J connectivity index is 2.10. The van der Waals surface area contributed by atoms with Gasteiger partial charge in [-0.15, -0.1) is 0 Å². The Morgan fingerprint density at radius 1 is 1.00 bits per heavy atom. The first kappa shape index (κ1) is 15.2. The lowest BCUT2D eigenvalue weighted by atomic mass is 10.1. The van der Waals surface area contributed by atoms with Crippen LogP contribution >= 0.6 is 0 Å². The third kappa shape index (κ3) is 7.21. The van der Waals surface area contributed by atoms with Crippen LogP contribution in [-0.4, -0.2) is 38.5 Å². The number of carbonyl (C=O) groups is 2. The van der Waals surface area contributed by atoms with Gasteiger partial charge in [0.1, 0.15) is 0 Å². The summed E-state index contributed by atoms with van der Waals surface area (Å²) in [6.45, 7) is 1.23. The maximum Gasteiger partial charge on any atom is 0.239 e. The smallest absolute Gasteiger partial charge is 0.239 e. The quantitative estimate of drug-likeness (QED) is 0.621. The van der Waals surface area contributed by atoms with Crippen LogP contribution in [0.15, 0.2) is 30.3 Å². The van der Waals surface area contributed by atoms with Crippen LogP contribution in [0.3, 0.4) is 0 Å². The molecule has 0 unspecified atom stereocenters. The van der Waals surface area contributed by atoms with E-state index in [1.165, 1.54) is 5.56 Å². The molecule has 1 rings (SSSR count). The van der Waals surface area contributed by atoms with Crippen LogP contribution in [0.25, 0.3) is 0 Å². The first-order chi connectivity index (χ1) is 9.22. The molecular weight excluding hydrogens is 242 g/mol. The molecule has 0 aliphatic carbocycles. The summed E-state index contributed by atoms with van der Waals surface area (Å²) >= 11 is 0. The molecule has 0 atom stereocenters.